The normalized spacial score (nSPS) is 12.2. The fraction of sp³-hybridized carbons (Fsp3) is 0.941. The van der Waals surface area contributed by atoms with E-state index in [2.05, 4.69) is 12.2 Å². The van der Waals surface area contributed by atoms with E-state index >= 15 is 0 Å². The van der Waals surface area contributed by atoms with Gasteiger partial charge in [0.05, 0.1) is 0 Å². The van der Waals surface area contributed by atoms with E-state index in [1.807, 2.05) is 13.8 Å². The molecule has 0 heterocycles. The van der Waals surface area contributed by atoms with Crippen molar-refractivity contribution in [1.29, 1.82) is 0 Å². The molecule has 0 aliphatic carbocycles. The van der Waals surface area contributed by atoms with E-state index in [0.29, 0.717) is 0 Å². The molecule has 0 aliphatic rings. The van der Waals surface area contributed by atoms with E-state index in [4.69, 9.17) is 5.11 Å². The Labute approximate surface area is 153 Å². The van der Waals surface area contributed by atoms with E-state index in [1.165, 1.54) is 57.8 Å². The first-order valence-corrected chi connectivity index (χ1v) is 8.55. The van der Waals surface area contributed by atoms with Gasteiger partial charge < -0.3 is 10.4 Å². The van der Waals surface area contributed by atoms with E-state index in [-0.39, 0.29) is 35.5 Å². The van der Waals surface area contributed by atoms with Gasteiger partial charge in [-0.2, -0.15) is 0 Å². The van der Waals surface area contributed by atoms with Crippen molar-refractivity contribution < 1.29 is 9.90 Å². The van der Waals surface area contributed by atoms with Gasteiger partial charge in [0.1, 0.15) is 6.04 Å². The summed E-state index contributed by atoms with van der Waals surface area (Å²) in [6, 6.07) is -0.395. The molecule has 122 valence electrons. The summed E-state index contributed by atoms with van der Waals surface area (Å²) in [4.78, 5) is 11.0. The van der Waals surface area contributed by atoms with Gasteiger partial charge in [0, 0.05) is 0 Å². The molecule has 0 aliphatic heterocycles. The van der Waals surface area contributed by atoms with Gasteiger partial charge in [-0.1, -0.05) is 78.6 Å². The summed E-state index contributed by atoms with van der Waals surface area (Å²) in [7, 11) is 0. The first-order chi connectivity index (χ1) is 9.59. The topological polar surface area (TPSA) is 49.3 Å². The van der Waals surface area contributed by atoms with Gasteiger partial charge in [-0.3, -0.25) is 4.79 Å². The van der Waals surface area contributed by atoms with Crippen molar-refractivity contribution in [3.05, 3.63) is 0 Å². The van der Waals surface area contributed by atoms with Crippen LogP contribution < -0.4 is 5.32 Å². The minimum atomic E-state index is -0.730. The van der Waals surface area contributed by atoms with Crippen LogP contribution in [0.25, 0.3) is 0 Å². The number of carboxylic acid groups (broad SMARTS) is 1. The Balaban J connectivity index is 0. The predicted octanol–water partition coefficient (Wildman–Crippen LogP) is 3.96. The molecule has 4 heteroatoms. The Kier molecular flexibility index (Phi) is 18.9. The van der Waals surface area contributed by atoms with Crippen molar-refractivity contribution in [3.63, 3.8) is 0 Å². The second kappa shape index (κ2) is 16.8. The van der Waals surface area contributed by atoms with E-state index < -0.39 is 12.0 Å². The van der Waals surface area contributed by atoms with Gasteiger partial charge in [-0.25, -0.2) is 0 Å². The van der Waals surface area contributed by atoms with Gasteiger partial charge in [-0.15, -0.1) is 0 Å². The number of carbonyl (C=O) groups is 1. The first kappa shape index (κ1) is 23.7. The van der Waals surface area contributed by atoms with Crippen molar-refractivity contribution in [2.45, 2.75) is 91.0 Å². The predicted molar refractivity (Wildman–Crippen MR) is 93.3 cm³/mol. The molecular formula is C17H36NNaO2. The van der Waals surface area contributed by atoms with Crippen LogP contribution in [0.3, 0.4) is 0 Å². The fourth-order valence-electron chi connectivity index (χ4n) is 2.48. The molecular weight excluding hydrogens is 273 g/mol. The van der Waals surface area contributed by atoms with Crippen molar-refractivity contribution in [2.24, 2.45) is 5.92 Å². The summed E-state index contributed by atoms with van der Waals surface area (Å²) >= 11 is 0. The van der Waals surface area contributed by atoms with Crippen molar-refractivity contribution >= 4 is 35.5 Å². The zero-order chi connectivity index (χ0) is 15.2. The Morgan fingerprint density at radius 3 is 1.71 bits per heavy atom. The van der Waals surface area contributed by atoms with Crippen molar-refractivity contribution in [1.82, 2.24) is 5.32 Å². The first-order valence-electron chi connectivity index (χ1n) is 8.55. The molecule has 2 N–H and O–H groups in total. The van der Waals surface area contributed by atoms with Crippen LogP contribution in [0.15, 0.2) is 0 Å². The molecule has 0 saturated carbocycles. The van der Waals surface area contributed by atoms with Gasteiger partial charge in [0.2, 0.25) is 0 Å². The Bertz CT molecular complexity index is 235. The van der Waals surface area contributed by atoms with Gasteiger partial charge in [-0.05, 0) is 18.9 Å². The Morgan fingerprint density at radius 2 is 1.33 bits per heavy atom. The molecule has 0 spiro atoms. The maximum absolute atomic E-state index is 11.0. The van der Waals surface area contributed by atoms with Gasteiger partial charge in [0.15, 0.2) is 0 Å². The quantitative estimate of drug-likeness (QED) is 0.377. The average Bonchev–Trinajstić information content (AvgIpc) is 2.39. The number of rotatable bonds is 14. The fourth-order valence-corrected chi connectivity index (χ4v) is 2.48. The molecule has 1 atom stereocenters. The zero-order valence-corrected chi connectivity index (χ0v) is 13.8. The molecule has 0 saturated heterocycles. The third-order valence-electron chi connectivity index (χ3n) is 3.83. The summed E-state index contributed by atoms with van der Waals surface area (Å²) in [6.45, 7) is 6.97. The number of nitrogens with one attached hydrogen (secondary N) is 1. The van der Waals surface area contributed by atoms with E-state index in [0.717, 1.165) is 13.0 Å². The number of hydrogen-bond acceptors (Lipinski definition) is 2. The van der Waals surface area contributed by atoms with Crippen molar-refractivity contribution in [3.8, 4) is 0 Å². The summed E-state index contributed by atoms with van der Waals surface area (Å²) in [5, 5.41) is 12.2. The number of carboxylic acids is 1. The zero-order valence-electron chi connectivity index (χ0n) is 13.8. The molecule has 0 aromatic heterocycles. The molecule has 0 aromatic carbocycles. The third-order valence-corrected chi connectivity index (χ3v) is 3.83. The van der Waals surface area contributed by atoms with Crippen LogP contribution >= 0.6 is 0 Å². The molecule has 0 amide bonds. The maximum atomic E-state index is 11.0. The monoisotopic (exact) mass is 309 g/mol. The SMILES string of the molecule is CCCCCCCCCCCCN[C@H](C(=O)O)C(C)C.[NaH]. The Hall–Kier alpha value is 0.430. The number of unbranched alkanes of at least 4 members (excludes halogenated alkanes) is 9. The minimum absolute atomic E-state index is 0. The van der Waals surface area contributed by atoms with Gasteiger partial charge in [0.25, 0.3) is 0 Å². The second-order valence-electron chi connectivity index (χ2n) is 6.20. The summed E-state index contributed by atoms with van der Waals surface area (Å²) in [5.41, 5.74) is 0. The van der Waals surface area contributed by atoms with Crippen LogP contribution in [0.2, 0.25) is 0 Å². The van der Waals surface area contributed by atoms with Crippen LogP contribution in [0.1, 0.15) is 85.0 Å². The van der Waals surface area contributed by atoms with Crippen LogP contribution in [-0.4, -0.2) is 53.2 Å². The molecule has 3 nitrogen and oxygen atoms in total. The summed E-state index contributed by atoms with van der Waals surface area (Å²) in [5.74, 6) is -0.581. The molecule has 21 heavy (non-hydrogen) atoms. The van der Waals surface area contributed by atoms with Gasteiger partial charge >= 0.3 is 35.5 Å². The number of aliphatic carboxylic acids is 1. The molecule has 0 radical (unpaired) electrons. The Morgan fingerprint density at radius 1 is 0.905 bits per heavy atom. The standard InChI is InChI=1S/C17H35NO2.Na.H/c1-4-5-6-7-8-9-10-11-12-13-14-18-16(15(2)3)17(19)20;;/h15-16,18H,4-14H2,1-3H3,(H,19,20);;/t16-;;/m0../s1. The third kappa shape index (κ3) is 15.1. The van der Waals surface area contributed by atoms with Crippen LogP contribution in [0.5, 0.6) is 0 Å². The molecule has 0 rings (SSSR count). The molecule has 0 fully saturated rings. The van der Waals surface area contributed by atoms with Crippen LogP contribution in [0, 0.1) is 5.92 Å². The molecule has 0 bridgehead atoms. The summed E-state index contributed by atoms with van der Waals surface area (Å²) in [6.07, 6.45) is 13.2. The average molecular weight is 309 g/mol. The van der Waals surface area contributed by atoms with Crippen LogP contribution in [-0.2, 0) is 4.79 Å². The van der Waals surface area contributed by atoms with Crippen LogP contribution in [0.4, 0.5) is 0 Å². The second-order valence-corrected chi connectivity index (χ2v) is 6.20. The van der Waals surface area contributed by atoms with E-state index in [9.17, 15) is 4.79 Å². The molecule has 0 unspecified atom stereocenters. The van der Waals surface area contributed by atoms with E-state index in [1.54, 1.807) is 0 Å². The summed E-state index contributed by atoms with van der Waals surface area (Å²) < 4.78 is 0. The molecule has 0 aromatic rings. The van der Waals surface area contributed by atoms with Crippen molar-refractivity contribution in [2.75, 3.05) is 6.54 Å². The number of hydrogen-bond donors (Lipinski definition) is 2.